The van der Waals surface area contributed by atoms with Crippen LogP contribution in [0, 0.1) is 6.92 Å². The van der Waals surface area contributed by atoms with E-state index in [1.54, 1.807) is 6.20 Å². The van der Waals surface area contributed by atoms with Gasteiger partial charge in [0.15, 0.2) is 5.76 Å². The molecule has 0 fully saturated rings. The minimum atomic E-state index is 0.378. The molecule has 72 valence electrons. The quantitative estimate of drug-likeness (QED) is 0.785. The van der Waals surface area contributed by atoms with Crippen molar-refractivity contribution in [3.63, 3.8) is 0 Å². The molecule has 0 bridgehead atoms. The number of nitrogens with two attached hydrogens (primary N) is 1. The highest BCUT2D eigenvalue weighted by molar-refractivity contribution is 5.64. The third-order valence-electron chi connectivity index (χ3n) is 2.19. The minimum Gasteiger partial charge on any atom is -0.359 e. The van der Waals surface area contributed by atoms with Crippen LogP contribution in [-0.2, 0) is 6.54 Å². The highest BCUT2D eigenvalue weighted by Crippen LogP contribution is 2.23. The third kappa shape index (κ3) is 1.54. The summed E-state index contributed by atoms with van der Waals surface area (Å²) in [6, 6.07) is 8.20. The van der Waals surface area contributed by atoms with Crippen molar-refractivity contribution in [3.8, 4) is 11.1 Å². The van der Waals surface area contributed by atoms with Gasteiger partial charge < -0.3 is 10.3 Å². The van der Waals surface area contributed by atoms with Gasteiger partial charge in [-0.05, 0) is 12.5 Å². The number of benzene rings is 1. The smallest absolute Gasteiger partial charge is 0.158 e. The summed E-state index contributed by atoms with van der Waals surface area (Å²) in [4.78, 5) is 0. The first-order valence-electron chi connectivity index (χ1n) is 4.52. The molecule has 0 unspecified atom stereocenters. The second-order valence-corrected chi connectivity index (χ2v) is 3.23. The summed E-state index contributed by atoms with van der Waals surface area (Å²) in [7, 11) is 0. The molecule has 3 heteroatoms. The Morgan fingerprint density at radius 3 is 2.64 bits per heavy atom. The summed E-state index contributed by atoms with van der Waals surface area (Å²) >= 11 is 0. The number of rotatable bonds is 2. The Balaban J connectivity index is 2.44. The van der Waals surface area contributed by atoms with E-state index in [2.05, 4.69) is 24.2 Å². The molecule has 3 nitrogen and oxygen atoms in total. The molecule has 0 saturated heterocycles. The Hall–Kier alpha value is -1.61. The van der Waals surface area contributed by atoms with E-state index in [0.717, 1.165) is 16.9 Å². The van der Waals surface area contributed by atoms with Crippen LogP contribution in [0.2, 0.25) is 0 Å². The van der Waals surface area contributed by atoms with Crippen molar-refractivity contribution in [1.82, 2.24) is 5.16 Å². The molecular weight excluding hydrogens is 176 g/mol. The van der Waals surface area contributed by atoms with Gasteiger partial charge in [-0.1, -0.05) is 35.0 Å². The van der Waals surface area contributed by atoms with Crippen molar-refractivity contribution in [3.05, 3.63) is 41.8 Å². The SMILES string of the molecule is Cc1ccc(-c2cnoc2CN)cc1. The van der Waals surface area contributed by atoms with Crippen molar-refractivity contribution in [1.29, 1.82) is 0 Å². The Morgan fingerprint density at radius 1 is 1.29 bits per heavy atom. The lowest BCUT2D eigenvalue weighted by Crippen LogP contribution is -1.95. The topological polar surface area (TPSA) is 52.0 Å². The lowest BCUT2D eigenvalue weighted by atomic mass is 10.1. The first kappa shape index (κ1) is 8.97. The first-order chi connectivity index (χ1) is 6.81. The monoisotopic (exact) mass is 188 g/mol. The maximum atomic E-state index is 5.53. The fourth-order valence-corrected chi connectivity index (χ4v) is 1.38. The fourth-order valence-electron chi connectivity index (χ4n) is 1.38. The van der Waals surface area contributed by atoms with E-state index in [4.69, 9.17) is 10.3 Å². The molecule has 0 atom stereocenters. The van der Waals surface area contributed by atoms with Crippen molar-refractivity contribution < 1.29 is 4.52 Å². The van der Waals surface area contributed by atoms with Crippen molar-refractivity contribution in [2.75, 3.05) is 0 Å². The summed E-state index contributed by atoms with van der Waals surface area (Å²) in [6.07, 6.45) is 1.70. The summed E-state index contributed by atoms with van der Waals surface area (Å²) in [5.74, 6) is 0.730. The Kier molecular flexibility index (Phi) is 2.33. The van der Waals surface area contributed by atoms with Gasteiger partial charge >= 0.3 is 0 Å². The number of hydrogen-bond donors (Lipinski definition) is 1. The minimum absolute atomic E-state index is 0.378. The summed E-state index contributed by atoms with van der Waals surface area (Å²) in [6.45, 7) is 2.43. The Morgan fingerprint density at radius 2 is 2.00 bits per heavy atom. The van der Waals surface area contributed by atoms with E-state index in [-0.39, 0.29) is 0 Å². The maximum absolute atomic E-state index is 5.53. The van der Waals surface area contributed by atoms with E-state index in [0.29, 0.717) is 6.54 Å². The molecule has 2 rings (SSSR count). The van der Waals surface area contributed by atoms with Crippen molar-refractivity contribution in [2.24, 2.45) is 5.73 Å². The number of hydrogen-bond acceptors (Lipinski definition) is 3. The average Bonchev–Trinajstić information content (AvgIpc) is 2.67. The third-order valence-corrected chi connectivity index (χ3v) is 2.19. The zero-order valence-corrected chi connectivity index (χ0v) is 8.03. The summed E-state index contributed by atoms with van der Waals surface area (Å²) < 4.78 is 5.02. The van der Waals surface area contributed by atoms with Crippen LogP contribution in [0.25, 0.3) is 11.1 Å². The van der Waals surface area contributed by atoms with E-state index in [9.17, 15) is 0 Å². The standard InChI is InChI=1S/C11H12N2O/c1-8-2-4-9(5-3-8)10-7-13-14-11(10)6-12/h2-5,7H,6,12H2,1H3. The first-order valence-corrected chi connectivity index (χ1v) is 4.52. The van der Waals surface area contributed by atoms with Crippen LogP contribution in [0.3, 0.4) is 0 Å². The predicted molar refractivity (Wildman–Crippen MR) is 54.6 cm³/mol. The average molecular weight is 188 g/mol. The molecule has 1 aromatic carbocycles. The number of nitrogens with zero attached hydrogens (tertiary/aromatic N) is 1. The van der Waals surface area contributed by atoms with Gasteiger partial charge in [0.2, 0.25) is 0 Å². The second kappa shape index (κ2) is 3.64. The molecule has 0 aliphatic rings. The largest absolute Gasteiger partial charge is 0.359 e. The number of aromatic nitrogens is 1. The van der Waals surface area contributed by atoms with E-state index < -0.39 is 0 Å². The predicted octanol–water partition coefficient (Wildman–Crippen LogP) is 2.11. The van der Waals surface area contributed by atoms with Gasteiger partial charge in [-0.3, -0.25) is 0 Å². The molecule has 0 spiro atoms. The summed E-state index contributed by atoms with van der Waals surface area (Å²) in [5.41, 5.74) is 8.84. The van der Waals surface area contributed by atoms with Crippen LogP contribution in [0.1, 0.15) is 11.3 Å². The van der Waals surface area contributed by atoms with Gasteiger partial charge in [-0.15, -0.1) is 0 Å². The van der Waals surface area contributed by atoms with Crippen molar-refractivity contribution in [2.45, 2.75) is 13.5 Å². The zero-order valence-electron chi connectivity index (χ0n) is 8.03. The van der Waals surface area contributed by atoms with E-state index in [1.807, 2.05) is 12.1 Å². The molecule has 0 saturated carbocycles. The molecule has 2 aromatic rings. The van der Waals surface area contributed by atoms with Gasteiger partial charge in [0.1, 0.15) is 0 Å². The van der Waals surface area contributed by atoms with Crippen LogP contribution in [-0.4, -0.2) is 5.16 Å². The molecule has 2 N–H and O–H groups in total. The van der Waals surface area contributed by atoms with Crippen LogP contribution in [0.15, 0.2) is 35.0 Å². The van der Waals surface area contributed by atoms with Gasteiger partial charge in [-0.2, -0.15) is 0 Å². The molecule has 1 aromatic heterocycles. The van der Waals surface area contributed by atoms with Crippen LogP contribution >= 0.6 is 0 Å². The molecule has 0 amide bonds. The Labute approximate surface area is 82.5 Å². The fraction of sp³-hybridized carbons (Fsp3) is 0.182. The van der Waals surface area contributed by atoms with Gasteiger partial charge in [0, 0.05) is 5.56 Å². The highest BCUT2D eigenvalue weighted by atomic mass is 16.5. The van der Waals surface area contributed by atoms with Crippen LogP contribution < -0.4 is 5.73 Å². The normalized spacial score (nSPS) is 10.4. The lowest BCUT2D eigenvalue weighted by molar-refractivity contribution is 0.385. The van der Waals surface area contributed by atoms with Gasteiger partial charge in [0.25, 0.3) is 0 Å². The maximum Gasteiger partial charge on any atom is 0.158 e. The zero-order chi connectivity index (χ0) is 9.97. The Bertz CT molecular complexity index is 417. The lowest BCUT2D eigenvalue weighted by Gasteiger charge is -1.99. The molecule has 0 aliphatic heterocycles. The molecular formula is C11H12N2O. The van der Waals surface area contributed by atoms with E-state index in [1.165, 1.54) is 5.56 Å². The second-order valence-electron chi connectivity index (χ2n) is 3.23. The number of aryl methyl sites for hydroxylation is 1. The van der Waals surface area contributed by atoms with E-state index >= 15 is 0 Å². The molecule has 0 radical (unpaired) electrons. The molecule has 0 aliphatic carbocycles. The molecule has 1 heterocycles. The highest BCUT2D eigenvalue weighted by Gasteiger charge is 2.07. The van der Waals surface area contributed by atoms with Gasteiger partial charge in [0.05, 0.1) is 12.7 Å². The van der Waals surface area contributed by atoms with Gasteiger partial charge in [-0.25, -0.2) is 0 Å². The van der Waals surface area contributed by atoms with Crippen LogP contribution in [0.4, 0.5) is 0 Å². The molecule has 14 heavy (non-hydrogen) atoms. The summed E-state index contributed by atoms with van der Waals surface area (Å²) in [5, 5.41) is 3.74. The van der Waals surface area contributed by atoms with Crippen molar-refractivity contribution >= 4 is 0 Å². The van der Waals surface area contributed by atoms with Crippen LogP contribution in [0.5, 0.6) is 0 Å².